The lowest BCUT2D eigenvalue weighted by atomic mass is 9.99. The first-order valence-corrected chi connectivity index (χ1v) is 4.72. The summed E-state index contributed by atoms with van der Waals surface area (Å²) in [6.45, 7) is 0.254. The second-order valence-corrected chi connectivity index (χ2v) is 3.65. The molecule has 0 fully saturated rings. The van der Waals surface area contributed by atoms with Gasteiger partial charge in [-0.05, 0) is 17.2 Å². The Labute approximate surface area is 93.2 Å². The molecule has 1 aliphatic rings. The van der Waals surface area contributed by atoms with Crippen molar-refractivity contribution in [3.05, 3.63) is 34.9 Å². The number of rotatable bonds is 1. The topological polar surface area (TPSA) is 24.7 Å². The summed E-state index contributed by atoms with van der Waals surface area (Å²) < 4.78 is 62.6. The summed E-state index contributed by atoms with van der Waals surface area (Å²) in [7, 11) is 0. The van der Waals surface area contributed by atoms with Crippen molar-refractivity contribution in [1.29, 1.82) is 0 Å². The molecule has 1 aliphatic heterocycles. The maximum Gasteiger partial charge on any atom is 0.458 e. The molecule has 0 amide bonds. The van der Waals surface area contributed by atoms with Crippen LogP contribution in [0.3, 0.4) is 0 Å². The summed E-state index contributed by atoms with van der Waals surface area (Å²) >= 11 is 0. The molecular formula is C10H7F5N2. The van der Waals surface area contributed by atoms with Gasteiger partial charge in [-0.3, -0.25) is 0 Å². The Kier molecular flexibility index (Phi) is 2.63. The Bertz CT molecular complexity index is 464. The van der Waals surface area contributed by atoms with Gasteiger partial charge in [0.15, 0.2) is 0 Å². The Morgan fingerprint density at radius 3 is 2.06 bits per heavy atom. The van der Waals surface area contributed by atoms with E-state index in [0.717, 1.165) is 12.1 Å². The zero-order valence-corrected chi connectivity index (χ0v) is 8.43. The van der Waals surface area contributed by atoms with E-state index < -0.39 is 17.7 Å². The van der Waals surface area contributed by atoms with Gasteiger partial charge in [0.25, 0.3) is 0 Å². The van der Waals surface area contributed by atoms with Crippen LogP contribution in [0.5, 0.6) is 0 Å². The lowest BCUT2D eigenvalue weighted by Crippen LogP contribution is -2.33. The smallest absolute Gasteiger partial charge is 0.191 e. The minimum atomic E-state index is -5.59. The highest BCUT2D eigenvalue weighted by Crippen LogP contribution is 2.44. The molecule has 0 aliphatic carbocycles. The van der Waals surface area contributed by atoms with Crippen LogP contribution in [0.1, 0.15) is 16.7 Å². The van der Waals surface area contributed by atoms with Crippen LogP contribution >= 0.6 is 0 Å². The number of halogens is 5. The molecule has 7 heteroatoms. The van der Waals surface area contributed by atoms with E-state index in [2.05, 4.69) is 10.2 Å². The van der Waals surface area contributed by atoms with Gasteiger partial charge in [-0.1, -0.05) is 12.1 Å². The predicted octanol–water partition coefficient (Wildman–Crippen LogP) is 3.81. The molecule has 0 saturated heterocycles. The Morgan fingerprint density at radius 1 is 0.882 bits per heavy atom. The molecule has 17 heavy (non-hydrogen) atoms. The van der Waals surface area contributed by atoms with E-state index in [-0.39, 0.29) is 13.1 Å². The molecule has 0 bridgehead atoms. The zero-order chi connectivity index (χ0) is 12.7. The first-order chi connectivity index (χ1) is 7.82. The van der Waals surface area contributed by atoms with E-state index in [0.29, 0.717) is 11.1 Å². The number of nitrogens with zero attached hydrogens (tertiary/aromatic N) is 2. The Balaban J connectivity index is 2.42. The standard InChI is InChI=1S/C10H7F5N2/c11-9(12,10(13,14)15)8-2-1-6-4-16-17-5-7(6)3-8/h1-3H,4-5H2. The quantitative estimate of drug-likeness (QED) is 0.677. The van der Waals surface area contributed by atoms with Crippen LogP contribution in [0.4, 0.5) is 22.0 Å². The lowest BCUT2D eigenvalue weighted by molar-refractivity contribution is -0.289. The SMILES string of the molecule is FC(F)(F)C(F)(F)c1ccc2c(c1)CN=NC2. The molecule has 0 saturated carbocycles. The van der Waals surface area contributed by atoms with Crippen molar-refractivity contribution in [3.63, 3.8) is 0 Å². The average Bonchev–Trinajstić information content (AvgIpc) is 2.27. The van der Waals surface area contributed by atoms with E-state index in [1.54, 1.807) is 0 Å². The maximum absolute atomic E-state index is 13.1. The molecule has 0 N–H and O–H groups in total. The second kappa shape index (κ2) is 3.75. The monoisotopic (exact) mass is 250 g/mol. The summed E-state index contributed by atoms with van der Waals surface area (Å²) in [5.74, 6) is -4.84. The van der Waals surface area contributed by atoms with Gasteiger partial charge in [0.05, 0.1) is 13.1 Å². The lowest BCUT2D eigenvalue weighted by Gasteiger charge is -2.21. The average molecular weight is 250 g/mol. The zero-order valence-electron chi connectivity index (χ0n) is 8.43. The van der Waals surface area contributed by atoms with Gasteiger partial charge in [0.2, 0.25) is 0 Å². The summed E-state index contributed by atoms with van der Waals surface area (Å²) in [6.07, 6.45) is -5.59. The number of alkyl halides is 5. The van der Waals surface area contributed by atoms with Crippen LogP contribution in [0.25, 0.3) is 0 Å². The maximum atomic E-state index is 13.1. The largest absolute Gasteiger partial charge is 0.458 e. The van der Waals surface area contributed by atoms with E-state index in [1.807, 2.05) is 0 Å². The molecule has 1 aromatic rings. The van der Waals surface area contributed by atoms with Gasteiger partial charge >= 0.3 is 12.1 Å². The van der Waals surface area contributed by atoms with Crippen LogP contribution in [-0.2, 0) is 19.0 Å². The van der Waals surface area contributed by atoms with Gasteiger partial charge in [0, 0.05) is 5.56 Å². The third-order valence-electron chi connectivity index (χ3n) is 2.51. The Hall–Kier alpha value is -1.53. The molecule has 0 atom stereocenters. The normalized spacial score (nSPS) is 15.8. The molecule has 2 rings (SSSR count). The Morgan fingerprint density at radius 2 is 1.47 bits per heavy atom. The first kappa shape index (κ1) is 11.9. The van der Waals surface area contributed by atoms with E-state index in [9.17, 15) is 22.0 Å². The van der Waals surface area contributed by atoms with Gasteiger partial charge in [-0.15, -0.1) is 0 Å². The molecule has 92 valence electrons. The number of fused-ring (bicyclic) bond motifs is 1. The highest BCUT2D eigenvalue weighted by atomic mass is 19.4. The fourth-order valence-corrected chi connectivity index (χ4v) is 1.54. The van der Waals surface area contributed by atoms with Gasteiger partial charge in [-0.25, -0.2) is 0 Å². The highest BCUT2D eigenvalue weighted by Gasteiger charge is 2.58. The van der Waals surface area contributed by atoms with E-state index in [1.165, 1.54) is 6.07 Å². The van der Waals surface area contributed by atoms with Crippen molar-refractivity contribution in [2.45, 2.75) is 25.2 Å². The fourth-order valence-electron chi connectivity index (χ4n) is 1.54. The van der Waals surface area contributed by atoms with Crippen LogP contribution < -0.4 is 0 Å². The second-order valence-electron chi connectivity index (χ2n) is 3.65. The van der Waals surface area contributed by atoms with Gasteiger partial charge < -0.3 is 0 Å². The van der Waals surface area contributed by atoms with Crippen LogP contribution in [0, 0.1) is 0 Å². The van der Waals surface area contributed by atoms with Crippen molar-refractivity contribution in [3.8, 4) is 0 Å². The molecular weight excluding hydrogens is 243 g/mol. The molecule has 0 radical (unpaired) electrons. The summed E-state index contributed by atoms with van der Waals surface area (Å²) in [5, 5.41) is 7.28. The molecule has 0 aromatic heterocycles. The third kappa shape index (κ3) is 2.01. The number of hydrogen-bond acceptors (Lipinski definition) is 2. The summed E-state index contributed by atoms with van der Waals surface area (Å²) in [4.78, 5) is 0. The van der Waals surface area contributed by atoms with Crippen molar-refractivity contribution in [2.24, 2.45) is 10.2 Å². The predicted molar refractivity (Wildman–Crippen MR) is 48.7 cm³/mol. The number of benzene rings is 1. The van der Waals surface area contributed by atoms with E-state index in [4.69, 9.17) is 0 Å². The van der Waals surface area contributed by atoms with Crippen molar-refractivity contribution in [2.75, 3.05) is 0 Å². The van der Waals surface area contributed by atoms with Gasteiger partial charge in [0.1, 0.15) is 0 Å². The molecule has 2 nitrogen and oxygen atoms in total. The fraction of sp³-hybridized carbons (Fsp3) is 0.400. The highest BCUT2D eigenvalue weighted by molar-refractivity contribution is 5.35. The summed E-state index contributed by atoms with van der Waals surface area (Å²) in [6, 6.07) is 2.87. The summed E-state index contributed by atoms with van der Waals surface area (Å²) in [5.41, 5.74) is -0.0657. The first-order valence-electron chi connectivity index (χ1n) is 4.72. The minimum absolute atomic E-state index is 0.0388. The minimum Gasteiger partial charge on any atom is -0.191 e. The van der Waals surface area contributed by atoms with E-state index >= 15 is 0 Å². The number of azo groups is 1. The van der Waals surface area contributed by atoms with Crippen LogP contribution in [0.15, 0.2) is 28.4 Å². The molecule has 0 spiro atoms. The van der Waals surface area contributed by atoms with Crippen LogP contribution in [-0.4, -0.2) is 6.18 Å². The number of hydrogen-bond donors (Lipinski definition) is 0. The third-order valence-corrected chi connectivity index (χ3v) is 2.51. The van der Waals surface area contributed by atoms with Gasteiger partial charge in [-0.2, -0.15) is 32.2 Å². The van der Waals surface area contributed by atoms with Crippen molar-refractivity contribution in [1.82, 2.24) is 0 Å². The molecule has 1 aromatic carbocycles. The molecule has 1 heterocycles. The van der Waals surface area contributed by atoms with Crippen molar-refractivity contribution < 1.29 is 22.0 Å². The molecule has 0 unspecified atom stereocenters. The van der Waals surface area contributed by atoms with Crippen molar-refractivity contribution >= 4 is 0 Å². The van der Waals surface area contributed by atoms with Crippen LogP contribution in [0.2, 0.25) is 0 Å².